The lowest BCUT2D eigenvalue weighted by molar-refractivity contribution is -0.384. The number of nitro benzene ring substituents is 1. The minimum Gasteiger partial charge on any atom is -0.322 e. The van der Waals surface area contributed by atoms with E-state index in [1.807, 2.05) is 0 Å². The molecule has 0 bridgehead atoms. The molecule has 170 valence electrons. The van der Waals surface area contributed by atoms with Gasteiger partial charge in [-0.05, 0) is 42.5 Å². The van der Waals surface area contributed by atoms with Gasteiger partial charge in [0.05, 0.1) is 33.0 Å². The summed E-state index contributed by atoms with van der Waals surface area (Å²) in [4.78, 5) is 35.6. The van der Waals surface area contributed by atoms with Crippen LogP contribution in [0.5, 0.6) is 0 Å². The van der Waals surface area contributed by atoms with E-state index < -0.39 is 26.8 Å². The van der Waals surface area contributed by atoms with Gasteiger partial charge in [-0.3, -0.25) is 24.4 Å². The number of benzene rings is 3. The highest BCUT2D eigenvalue weighted by Gasteiger charge is 2.18. The maximum absolute atomic E-state index is 12.8. The van der Waals surface area contributed by atoms with E-state index in [4.69, 9.17) is 11.6 Å². The molecule has 0 unspecified atom stereocenters. The smallest absolute Gasteiger partial charge is 0.270 e. The molecule has 3 aromatic carbocycles. The van der Waals surface area contributed by atoms with E-state index in [1.165, 1.54) is 42.5 Å². The molecule has 3 aromatic rings. The topological polar surface area (TPSA) is 148 Å². The highest BCUT2D eigenvalue weighted by atomic mass is 35.5. The zero-order valence-corrected chi connectivity index (χ0v) is 18.6. The molecular formula is C21H17ClN4O6S. The highest BCUT2D eigenvalue weighted by Crippen LogP contribution is 2.25. The maximum atomic E-state index is 12.8. The van der Waals surface area contributed by atoms with Crippen molar-refractivity contribution in [3.8, 4) is 0 Å². The second-order valence-corrected chi connectivity index (χ2v) is 8.98. The van der Waals surface area contributed by atoms with Gasteiger partial charge in [-0.15, -0.1) is 0 Å². The Hall–Kier alpha value is -3.96. The lowest BCUT2D eigenvalue weighted by Crippen LogP contribution is -2.18. The minimum atomic E-state index is -3.43. The maximum Gasteiger partial charge on any atom is 0.270 e. The first kappa shape index (κ1) is 23.7. The van der Waals surface area contributed by atoms with Crippen LogP contribution in [0.4, 0.5) is 22.7 Å². The van der Waals surface area contributed by atoms with Crippen LogP contribution in [0.1, 0.15) is 20.7 Å². The quantitative estimate of drug-likeness (QED) is 0.336. The Morgan fingerprint density at radius 3 is 2.09 bits per heavy atom. The first-order valence-electron chi connectivity index (χ1n) is 9.27. The second-order valence-electron chi connectivity index (χ2n) is 6.83. The largest absolute Gasteiger partial charge is 0.322 e. The highest BCUT2D eigenvalue weighted by molar-refractivity contribution is 7.92. The molecule has 3 rings (SSSR count). The molecule has 0 aliphatic carbocycles. The summed E-state index contributed by atoms with van der Waals surface area (Å²) in [5.74, 6) is -1.17. The molecule has 12 heteroatoms. The number of para-hydroxylation sites is 1. The number of anilines is 3. The van der Waals surface area contributed by atoms with Gasteiger partial charge in [0, 0.05) is 23.5 Å². The third-order valence-electron chi connectivity index (χ3n) is 4.27. The van der Waals surface area contributed by atoms with Crippen LogP contribution in [0.3, 0.4) is 0 Å². The molecule has 0 saturated heterocycles. The van der Waals surface area contributed by atoms with E-state index in [9.17, 15) is 28.1 Å². The molecule has 33 heavy (non-hydrogen) atoms. The zero-order valence-electron chi connectivity index (χ0n) is 17.0. The van der Waals surface area contributed by atoms with E-state index in [1.54, 1.807) is 12.1 Å². The van der Waals surface area contributed by atoms with E-state index in [-0.39, 0.29) is 27.5 Å². The molecule has 0 aromatic heterocycles. The minimum absolute atomic E-state index is 0.00597. The number of nitrogens with zero attached hydrogens (tertiary/aromatic N) is 1. The number of non-ortho nitro benzene ring substituents is 1. The predicted octanol–water partition coefficient (Wildman–Crippen LogP) is 4.12. The van der Waals surface area contributed by atoms with Gasteiger partial charge in [-0.25, -0.2) is 8.42 Å². The number of rotatable bonds is 7. The van der Waals surface area contributed by atoms with Crippen molar-refractivity contribution in [2.45, 2.75) is 0 Å². The number of carbonyl (C=O) groups is 2. The number of hydrogen-bond acceptors (Lipinski definition) is 6. The molecule has 3 N–H and O–H groups in total. The lowest BCUT2D eigenvalue weighted by Gasteiger charge is -2.12. The summed E-state index contributed by atoms with van der Waals surface area (Å²) < 4.78 is 24.9. The number of carbonyl (C=O) groups excluding carboxylic acids is 2. The fourth-order valence-electron chi connectivity index (χ4n) is 2.82. The number of halogens is 1. The first-order chi connectivity index (χ1) is 15.5. The Morgan fingerprint density at radius 2 is 1.48 bits per heavy atom. The molecule has 0 heterocycles. The molecule has 0 fully saturated rings. The summed E-state index contributed by atoms with van der Waals surface area (Å²) in [6, 6.07) is 15.7. The van der Waals surface area contributed by atoms with Gasteiger partial charge in [-0.2, -0.15) is 0 Å². The molecule has 0 atom stereocenters. The van der Waals surface area contributed by atoms with Crippen molar-refractivity contribution in [3.05, 3.63) is 93.0 Å². The van der Waals surface area contributed by atoms with Crippen LogP contribution in [0.2, 0.25) is 5.02 Å². The summed E-state index contributed by atoms with van der Waals surface area (Å²) in [5.41, 5.74) is 0.842. The molecule has 0 radical (unpaired) electrons. The Kier molecular flexibility index (Phi) is 6.95. The van der Waals surface area contributed by atoms with Crippen LogP contribution >= 0.6 is 11.6 Å². The zero-order chi connectivity index (χ0) is 24.2. The summed E-state index contributed by atoms with van der Waals surface area (Å²) >= 11 is 6.01. The van der Waals surface area contributed by atoms with E-state index in [0.29, 0.717) is 11.4 Å². The SMILES string of the molecule is CS(=O)(=O)Nc1ccc(NC(=O)c2ccccc2NC(=O)c2ccc([N+](=O)[O-])cc2Cl)cc1. The van der Waals surface area contributed by atoms with Crippen LogP contribution < -0.4 is 15.4 Å². The molecule has 2 amide bonds. The van der Waals surface area contributed by atoms with Crippen molar-refractivity contribution in [1.29, 1.82) is 0 Å². The molecule has 0 aliphatic heterocycles. The van der Waals surface area contributed by atoms with Gasteiger partial charge in [0.2, 0.25) is 10.0 Å². The second kappa shape index (κ2) is 9.67. The Labute approximate surface area is 193 Å². The predicted molar refractivity (Wildman–Crippen MR) is 125 cm³/mol. The van der Waals surface area contributed by atoms with Gasteiger partial charge in [0.15, 0.2) is 0 Å². The summed E-state index contributed by atoms with van der Waals surface area (Å²) in [6.45, 7) is 0. The standard InChI is InChI=1S/C21H17ClN4O6S/c1-33(31,32)25-14-8-6-13(7-9-14)23-21(28)17-4-2-3-5-19(17)24-20(27)16-11-10-15(26(29)30)12-18(16)22/h2-12,25H,1H3,(H,23,28)(H,24,27). The lowest BCUT2D eigenvalue weighted by atomic mass is 10.1. The molecule has 0 spiro atoms. The van der Waals surface area contributed by atoms with Gasteiger partial charge in [0.1, 0.15) is 0 Å². The van der Waals surface area contributed by atoms with Gasteiger partial charge in [0.25, 0.3) is 17.5 Å². The fourth-order valence-corrected chi connectivity index (χ4v) is 3.64. The van der Waals surface area contributed by atoms with Crippen LogP contribution in [-0.4, -0.2) is 31.4 Å². The summed E-state index contributed by atoms with van der Waals surface area (Å²) in [5, 5.41) is 16.0. The van der Waals surface area contributed by atoms with Crippen LogP contribution in [0.15, 0.2) is 66.7 Å². The third kappa shape index (κ3) is 6.28. The Balaban J connectivity index is 1.77. The normalized spacial score (nSPS) is 10.8. The van der Waals surface area contributed by atoms with E-state index >= 15 is 0 Å². The molecule has 10 nitrogen and oxygen atoms in total. The van der Waals surface area contributed by atoms with E-state index in [2.05, 4.69) is 15.4 Å². The van der Waals surface area contributed by atoms with Crippen molar-refractivity contribution in [2.75, 3.05) is 21.6 Å². The monoisotopic (exact) mass is 488 g/mol. The van der Waals surface area contributed by atoms with Crippen molar-refractivity contribution < 1.29 is 22.9 Å². The molecular weight excluding hydrogens is 472 g/mol. The van der Waals surface area contributed by atoms with Crippen LogP contribution in [-0.2, 0) is 10.0 Å². The average molecular weight is 489 g/mol. The number of nitro groups is 1. The van der Waals surface area contributed by atoms with Crippen molar-refractivity contribution in [2.24, 2.45) is 0 Å². The van der Waals surface area contributed by atoms with Gasteiger partial charge in [-0.1, -0.05) is 23.7 Å². The average Bonchev–Trinajstić information content (AvgIpc) is 2.74. The summed E-state index contributed by atoms with van der Waals surface area (Å²) in [7, 11) is -3.43. The number of nitrogens with one attached hydrogen (secondary N) is 3. The first-order valence-corrected chi connectivity index (χ1v) is 11.5. The molecule has 0 saturated carbocycles. The van der Waals surface area contributed by atoms with Crippen LogP contribution in [0.25, 0.3) is 0 Å². The number of sulfonamides is 1. The van der Waals surface area contributed by atoms with Crippen molar-refractivity contribution in [1.82, 2.24) is 0 Å². The van der Waals surface area contributed by atoms with Gasteiger partial charge >= 0.3 is 0 Å². The van der Waals surface area contributed by atoms with Crippen molar-refractivity contribution in [3.63, 3.8) is 0 Å². The summed E-state index contributed by atoms with van der Waals surface area (Å²) in [6.07, 6.45) is 1.03. The molecule has 0 aliphatic rings. The Morgan fingerprint density at radius 1 is 0.879 bits per heavy atom. The number of amides is 2. The van der Waals surface area contributed by atoms with Crippen molar-refractivity contribution >= 4 is 56.2 Å². The van der Waals surface area contributed by atoms with E-state index in [0.717, 1.165) is 18.4 Å². The number of hydrogen-bond donors (Lipinski definition) is 3. The van der Waals surface area contributed by atoms with Gasteiger partial charge < -0.3 is 10.6 Å². The Bertz CT molecular complexity index is 1340. The van der Waals surface area contributed by atoms with Crippen LogP contribution in [0, 0.1) is 10.1 Å². The third-order valence-corrected chi connectivity index (χ3v) is 5.19. The fraction of sp³-hybridized carbons (Fsp3) is 0.0476.